The first-order chi connectivity index (χ1) is 8.41. The van der Waals surface area contributed by atoms with Crippen LogP contribution in [0.4, 0.5) is 14.5 Å². The predicted octanol–water partition coefficient (Wildman–Crippen LogP) is 1.47. The van der Waals surface area contributed by atoms with Crippen molar-refractivity contribution in [3.8, 4) is 0 Å². The standard InChI is InChI=1S/C12H9F2NO3/c1-6(16)2-3-15-10-8(11(17)12(15)18)4-7(13)5-9(10)14/h4-5H,2-3H2,1H3. The fourth-order valence-electron chi connectivity index (χ4n) is 1.84. The lowest BCUT2D eigenvalue weighted by atomic mass is 10.1. The van der Waals surface area contributed by atoms with Crippen molar-refractivity contribution in [3.63, 3.8) is 0 Å². The van der Waals surface area contributed by atoms with Gasteiger partial charge < -0.3 is 4.90 Å². The molecule has 1 amide bonds. The third-order valence-corrected chi connectivity index (χ3v) is 2.67. The van der Waals surface area contributed by atoms with Gasteiger partial charge in [-0.2, -0.15) is 0 Å². The Bertz CT molecular complexity index is 569. The maximum Gasteiger partial charge on any atom is 0.299 e. The van der Waals surface area contributed by atoms with E-state index >= 15 is 0 Å². The first kappa shape index (κ1) is 12.3. The maximum atomic E-state index is 13.6. The SMILES string of the molecule is CC(=O)CCN1C(=O)C(=O)c2cc(F)cc(F)c21. The topological polar surface area (TPSA) is 54.5 Å². The zero-order chi connectivity index (χ0) is 13.4. The van der Waals surface area contributed by atoms with Crippen LogP contribution < -0.4 is 4.90 Å². The summed E-state index contributed by atoms with van der Waals surface area (Å²) in [6.45, 7) is 1.24. The second-order valence-electron chi connectivity index (χ2n) is 4.02. The Morgan fingerprint density at radius 3 is 2.56 bits per heavy atom. The molecule has 0 saturated carbocycles. The third-order valence-electron chi connectivity index (χ3n) is 2.67. The molecule has 6 heteroatoms. The summed E-state index contributed by atoms with van der Waals surface area (Å²) < 4.78 is 26.6. The number of carbonyl (C=O) groups excluding carboxylic acids is 3. The van der Waals surface area contributed by atoms with Crippen molar-refractivity contribution >= 4 is 23.2 Å². The summed E-state index contributed by atoms with van der Waals surface area (Å²) >= 11 is 0. The zero-order valence-corrected chi connectivity index (χ0v) is 9.50. The van der Waals surface area contributed by atoms with Crippen molar-refractivity contribution in [2.75, 3.05) is 11.4 Å². The monoisotopic (exact) mass is 253 g/mol. The van der Waals surface area contributed by atoms with Crippen LogP contribution in [-0.2, 0) is 9.59 Å². The van der Waals surface area contributed by atoms with E-state index in [4.69, 9.17) is 0 Å². The van der Waals surface area contributed by atoms with Crippen molar-refractivity contribution in [1.82, 2.24) is 0 Å². The van der Waals surface area contributed by atoms with E-state index in [1.807, 2.05) is 0 Å². The minimum absolute atomic E-state index is 0.00920. The highest BCUT2D eigenvalue weighted by Crippen LogP contribution is 2.32. The maximum absolute atomic E-state index is 13.6. The number of hydrogen-bond donors (Lipinski definition) is 0. The van der Waals surface area contributed by atoms with Gasteiger partial charge >= 0.3 is 0 Å². The molecule has 0 N–H and O–H groups in total. The van der Waals surface area contributed by atoms with Crippen molar-refractivity contribution < 1.29 is 23.2 Å². The van der Waals surface area contributed by atoms with Gasteiger partial charge in [0.25, 0.3) is 11.7 Å². The summed E-state index contributed by atoms with van der Waals surface area (Å²) in [6, 6.07) is 1.43. The van der Waals surface area contributed by atoms with Gasteiger partial charge in [-0.15, -0.1) is 0 Å². The van der Waals surface area contributed by atoms with Gasteiger partial charge in [0.1, 0.15) is 11.6 Å². The second kappa shape index (κ2) is 4.29. The average Bonchev–Trinajstić information content (AvgIpc) is 2.51. The summed E-state index contributed by atoms with van der Waals surface area (Å²) in [4.78, 5) is 34.9. The summed E-state index contributed by atoms with van der Waals surface area (Å²) in [7, 11) is 0. The molecule has 94 valence electrons. The second-order valence-corrected chi connectivity index (χ2v) is 4.02. The summed E-state index contributed by atoms with van der Waals surface area (Å²) in [5, 5.41) is 0. The largest absolute Gasteiger partial charge is 0.302 e. The van der Waals surface area contributed by atoms with Gasteiger partial charge in [-0.25, -0.2) is 8.78 Å². The molecular formula is C12H9F2NO3. The minimum atomic E-state index is -0.979. The summed E-state index contributed by atoms with van der Waals surface area (Å²) in [5.74, 6) is -3.97. The van der Waals surface area contributed by atoms with Crippen LogP contribution in [0, 0.1) is 11.6 Å². The Kier molecular flexibility index (Phi) is 2.94. The molecule has 0 saturated heterocycles. The molecule has 1 aromatic rings. The molecule has 1 heterocycles. The number of Topliss-reactive ketones (excluding diaryl/α,β-unsaturated/α-hetero) is 2. The molecule has 1 aromatic carbocycles. The molecular weight excluding hydrogens is 244 g/mol. The van der Waals surface area contributed by atoms with Crippen LogP contribution in [0.3, 0.4) is 0 Å². The molecule has 1 aliphatic heterocycles. The van der Waals surface area contributed by atoms with Gasteiger partial charge in [0.2, 0.25) is 0 Å². The number of fused-ring (bicyclic) bond motifs is 1. The molecule has 4 nitrogen and oxygen atoms in total. The molecule has 0 unspecified atom stereocenters. The van der Waals surface area contributed by atoms with Gasteiger partial charge in [-0.1, -0.05) is 0 Å². The van der Waals surface area contributed by atoms with E-state index in [-0.39, 0.29) is 30.0 Å². The number of carbonyl (C=O) groups is 3. The number of benzene rings is 1. The number of hydrogen-bond acceptors (Lipinski definition) is 3. The van der Waals surface area contributed by atoms with Crippen LogP contribution in [0.25, 0.3) is 0 Å². The summed E-state index contributed by atoms with van der Waals surface area (Å²) in [5.41, 5.74) is -0.534. The lowest BCUT2D eigenvalue weighted by Gasteiger charge is -2.15. The fraction of sp³-hybridized carbons (Fsp3) is 0.250. The van der Waals surface area contributed by atoms with Crippen molar-refractivity contribution in [1.29, 1.82) is 0 Å². The third kappa shape index (κ3) is 1.90. The molecule has 0 fully saturated rings. The Labute approximate surface area is 101 Å². The number of amides is 1. The molecule has 1 aliphatic rings. The van der Waals surface area contributed by atoms with Crippen molar-refractivity contribution in [2.24, 2.45) is 0 Å². The Hall–Kier alpha value is -2.11. The van der Waals surface area contributed by atoms with E-state index in [0.717, 1.165) is 11.0 Å². The fourth-order valence-corrected chi connectivity index (χ4v) is 1.84. The van der Waals surface area contributed by atoms with Gasteiger partial charge in [0.15, 0.2) is 5.82 Å². The van der Waals surface area contributed by atoms with Gasteiger partial charge in [-0.3, -0.25) is 14.4 Å². The molecule has 0 aliphatic carbocycles. The zero-order valence-electron chi connectivity index (χ0n) is 9.50. The number of rotatable bonds is 3. The molecule has 0 radical (unpaired) electrons. The van der Waals surface area contributed by atoms with Crippen LogP contribution in [0.5, 0.6) is 0 Å². The smallest absolute Gasteiger partial charge is 0.299 e. The average molecular weight is 253 g/mol. The molecule has 0 bridgehead atoms. The van der Waals surface area contributed by atoms with Gasteiger partial charge in [-0.05, 0) is 13.0 Å². The number of nitrogens with zero attached hydrogens (tertiary/aromatic N) is 1. The van der Waals surface area contributed by atoms with E-state index in [0.29, 0.717) is 6.07 Å². The lowest BCUT2D eigenvalue weighted by molar-refractivity contribution is -0.117. The molecule has 2 rings (SSSR count). The van der Waals surface area contributed by atoms with E-state index in [9.17, 15) is 23.2 Å². The Balaban J connectivity index is 2.45. The molecule has 0 spiro atoms. The van der Waals surface area contributed by atoms with Crippen molar-refractivity contribution in [2.45, 2.75) is 13.3 Å². The van der Waals surface area contributed by atoms with Crippen LogP contribution in [0.2, 0.25) is 0 Å². The van der Waals surface area contributed by atoms with E-state index in [2.05, 4.69) is 0 Å². The first-order valence-corrected chi connectivity index (χ1v) is 5.26. The van der Waals surface area contributed by atoms with Crippen LogP contribution in [0.1, 0.15) is 23.7 Å². The van der Waals surface area contributed by atoms with Crippen molar-refractivity contribution in [3.05, 3.63) is 29.3 Å². The van der Waals surface area contributed by atoms with Crippen LogP contribution in [0.15, 0.2) is 12.1 Å². The molecule has 0 aromatic heterocycles. The highest BCUT2D eigenvalue weighted by molar-refractivity contribution is 6.52. The van der Waals surface area contributed by atoms with E-state index in [1.165, 1.54) is 6.92 Å². The quantitative estimate of drug-likeness (QED) is 0.766. The molecule has 0 atom stereocenters. The van der Waals surface area contributed by atoms with Crippen LogP contribution >= 0.6 is 0 Å². The lowest BCUT2D eigenvalue weighted by Crippen LogP contribution is -2.31. The number of ketones is 2. The predicted molar refractivity (Wildman–Crippen MR) is 58.3 cm³/mol. The number of halogens is 2. The highest BCUT2D eigenvalue weighted by Gasteiger charge is 2.38. The van der Waals surface area contributed by atoms with E-state index < -0.39 is 23.3 Å². The Morgan fingerprint density at radius 1 is 1.28 bits per heavy atom. The minimum Gasteiger partial charge on any atom is -0.302 e. The highest BCUT2D eigenvalue weighted by atomic mass is 19.1. The Morgan fingerprint density at radius 2 is 1.94 bits per heavy atom. The summed E-state index contributed by atoms with van der Waals surface area (Å²) in [6.07, 6.45) is 0.00920. The van der Waals surface area contributed by atoms with Crippen LogP contribution in [-0.4, -0.2) is 24.0 Å². The van der Waals surface area contributed by atoms with Gasteiger partial charge in [0.05, 0.1) is 11.3 Å². The number of anilines is 1. The normalized spacial score (nSPS) is 14.1. The molecule has 18 heavy (non-hydrogen) atoms. The van der Waals surface area contributed by atoms with E-state index in [1.54, 1.807) is 0 Å². The van der Waals surface area contributed by atoms with Gasteiger partial charge in [0, 0.05) is 19.0 Å². The first-order valence-electron chi connectivity index (χ1n) is 5.26.